The highest BCUT2D eigenvalue weighted by atomic mass is 35.5. The zero-order valence-electron chi connectivity index (χ0n) is 13.2. The minimum atomic E-state index is 0.486. The van der Waals surface area contributed by atoms with Gasteiger partial charge in [0, 0.05) is 30.2 Å². The van der Waals surface area contributed by atoms with Crippen molar-refractivity contribution in [2.45, 2.75) is 13.2 Å². The zero-order valence-corrected chi connectivity index (χ0v) is 13.9. The van der Waals surface area contributed by atoms with Crippen LogP contribution in [0.4, 0.5) is 0 Å². The standard InChI is InChI=1S/C18H23ClN2O/c1-21(2)12-11-20-13-15-7-9-17(10-8-15)22-14-16-5-3-4-6-18(16)19/h3-10,20H,11-14H2,1-2H3. The van der Waals surface area contributed by atoms with Crippen LogP contribution in [0.2, 0.25) is 5.02 Å². The van der Waals surface area contributed by atoms with Crippen molar-refractivity contribution in [3.8, 4) is 5.75 Å². The van der Waals surface area contributed by atoms with E-state index in [1.165, 1.54) is 5.56 Å². The molecule has 2 aromatic carbocycles. The van der Waals surface area contributed by atoms with Crippen LogP contribution < -0.4 is 10.1 Å². The number of nitrogens with one attached hydrogen (secondary N) is 1. The molecule has 0 fully saturated rings. The van der Waals surface area contributed by atoms with Crippen molar-refractivity contribution in [3.63, 3.8) is 0 Å². The molecule has 0 spiro atoms. The molecular weight excluding hydrogens is 296 g/mol. The van der Waals surface area contributed by atoms with E-state index in [4.69, 9.17) is 16.3 Å². The number of ether oxygens (including phenoxy) is 1. The lowest BCUT2D eigenvalue weighted by Crippen LogP contribution is -2.26. The summed E-state index contributed by atoms with van der Waals surface area (Å²) in [6.07, 6.45) is 0. The summed E-state index contributed by atoms with van der Waals surface area (Å²) < 4.78 is 5.77. The number of benzene rings is 2. The largest absolute Gasteiger partial charge is 0.489 e. The third-order valence-electron chi connectivity index (χ3n) is 3.34. The molecule has 0 bridgehead atoms. The van der Waals surface area contributed by atoms with E-state index >= 15 is 0 Å². The van der Waals surface area contributed by atoms with Crippen molar-refractivity contribution >= 4 is 11.6 Å². The quantitative estimate of drug-likeness (QED) is 0.753. The zero-order chi connectivity index (χ0) is 15.8. The Morgan fingerprint density at radius 2 is 1.77 bits per heavy atom. The van der Waals surface area contributed by atoms with Crippen molar-refractivity contribution < 1.29 is 4.74 Å². The van der Waals surface area contributed by atoms with Gasteiger partial charge in [-0.3, -0.25) is 0 Å². The van der Waals surface area contributed by atoms with E-state index in [9.17, 15) is 0 Å². The normalized spacial score (nSPS) is 10.9. The van der Waals surface area contributed by atoms with Crippen LogP contribution >= 0.6 is 11.6 Å². The lowest BCUT2D eigenvalue weighted by Gasteiger charge is -2.11. The maximum atomic E-state index is 6.12. The van der Waals surface area contributed by atoms with Gasteiger partial charge in [0.15, 0.2) is 0 Å². The smallest absolute Gasteiger partial charge is 0.119 e. The highest BCUT2D eigenvalue weighted by Crippen LogP contribution is 2.18. The molecule has 2 aromatic rings. The van der Waals surface area contributed by atoms with Gasteiger partial charge in [0.2, 0.25) is 0 Å². The predicted molar refractivity (Wildman–Crippen MR) is 92.5 cm³/mol. The van der Waals surface area contributed by atoms with Gasteiger partial charge in [0.25, 0.3) is 0 Å². The van der Waals surface area contributed by atoms with Gasteiger partial charge >= 0.3 is 0 Å². The summed E-state index contributed by atoms with van der Waals surface area (Å²) in [5.41, 5.74) is 2.25. The molecule has 0 amide bonds. The second-order valence-electron chi connectivity index (χ2n) is 5.50. The van der Waals surface area contributed by atoms with Crippen molar-refractivity contribution in [2.75, 3.05) is 27.2 Å². The number of likely N-dealkylation sites (N-methyl/N-ethyl adjacent to an activating group) is 1. The fourth-order valence-corrected chi connectivity index (χ4v) is 2.21. The first-order valence-corrected chi connectivity index (χ1v) is 7.83. The Morgan fingerprint density at radius 3 is 2.45 bits per heavy atom. The van der Waals surface area contributed by atoms with Crippen LogP contribution in [0.5, 0.6) is 5.75 Å². The summed E-state index contributed by atoms with van der Waals surface area (Å²) in [4.78, 5) is 2.17. The molecule has 4 heteroatoms. The van der Waals surface area contributed by atoms with Gasteiger partial charge in [-0.2, -0.15) is 0 Å². The Labute approximate surface area is 137 Å². The van der Waals surface area contributed by atoms with Crippen LogP contribution in [0.25, 0.3) is 0 Å². The molecule has 0 heterocycles. The van der Waals surface area contributed by atoms with E-state index in [-0.39, 0.29) is 0 Å². The Hall–Kier alpha value is -1.55. The highest BCUT2D eigenvalue weighted by Gasteiger charge is 2.01. The lowest BCUT2D eigenvalue weighted by molar-refractivity contribution is 0.306. The van der Waals surface area contributed by atoms with Gasteiger partial charge in [-0.1, -0.05) is 41.9 Å². The third-order valence-corrected chi connectivity index (χ3v) is 3.71. The summed E-state index contributed by atoms with van der Waals surface area (Å²) in [6.45, 7) is 3.38. The number of halogens is 1. The maximum absolute atomic E-state index is 6.12. The maximum Gasteiger partial charge on any atom is 0.119 e. The van der Waals surface area contributed by atoms with Crippen molar-refractivity contribution in [3.05, 3.63) is 64.7 Å². The second kappa shape index (κ2) is 8.79. The molecular formula is C18H23ClN2O. The minimum Gasteiger partial charge on any atom is -0.489 e. The predicted octanol–water partition coefficient (Wildman–Crippen LogP) is 3.57. The van der Waals surface area contributed by atoms with Gasteiger partial charge in [-0.15, -0.1) is 0 Å². The number of hydrogen-bond donors (Lipinski definition) is 1. The van der Waals surface area contributed by atoms with E-state index in [1.807, 2.05) is 36.4 Å². The van der Waals surface area contributed by atoms with E-state index in [1.54, 1.807) is 0 Å². The van der Waals surface area contributed by atoms with Crippen LogP contribution in [0.3, 0.4) is 0 Å². The summed E-state index contributed by atoms with van der Waals surface area (Å²) in [5, 5.41) is 4.16. The Kier molecular flexibility index (Phi) is 6.72. The topological polar surface area (TPSA) is 24.5 Å². The first-order chi connectivity index (χ1) is 10.6. The Morgan fingerprint density at radius 1 is 1.05 bits per heavy atom. The van der Waals surface area contributed by atoms with E-state index < -0.39 is 0 Å². The van der Waals surface area contributed by atoms with Gasteiger partial charge in [0.1, 0.15) is 12.4 Å². The lowest BCUT2D eigenvalue weighted by atomic mass is 10.2. The first-order valence-electron chi connectivity index (χ1n) is 7.46. The molecule has 22 heavy (non-hydrogen) atoms. The van der Waals surface area contributed by atoms with Crippen molar-refractivity contribution in [1.82, 2.24) is 10.2 Å². The third kappa shape index (κ3) is 5.68. The minimum absolute atomic E-state index is 0.486. The molecule has 0 aliphatic heterocycles. The van der Waals surface area contributed by atoms with Gasteiger partial charge in [-0.25, -0.2) is 0 Å². The van der Waals surface area contributed by atoms with E-state index in [2.05, 4.69) is 36.4 Å². The molecule has 0 radical (unpaired) electrons. The van der Waals surface area contributed by atoms with Crippen LogP contribution in [-0.4, -0.2) is 32.1 Å². The fraction of sp³-hybridized carbons (Fsp3) is 0.333. The summed E-state index contributed by atoms with van der Waals surface area (Å²) >= 11 is 6.12. The Balaban J connectivity index is 1.78. The van der Waals surface area contributed by atoms with Crippen molar-refractivity contribution in [1.29, 1.82) is 0 Å². The molecule has 0 aliphatic carbocycles. The van der Waals surface area contributed by atoms with Gasteiger partial charge in [-0.05, 0) is 37.9 Å². The first kappa shape index (κ1) is 16.8. The summed E-state index contributed by atoms with van der Waals surface area (Å²) in [6, 6.07) is 15.9. The molecule has 2 rings (SSSR count). The molecule has 3 nitrogen and oxygen atoms in total. The van der Waals surface area contributed by atoms with Crippen molar-refractivity contribution in [2.24, 2.45) is 0 Å². The van der Waals surface area contributed by atoms with Gasteiger partial charge < -0.3 is 15.0 Å². The molecule has 0 aromatic heterocycles. The highest BCUT2D eigenvalue weighted by molar-refractivity contribution is 6.31. The van der Waals surface area contributed by atoms with Crippen LogP contribution in [0.1, 0.15) is 11.1 Å². The SMILES string of the molecule is CN(C)CCNCc1ccc(OCc2ccccc2Cl)cc1. The average Bonchev–Trinajstić information content (AvgIpc) is 2.52. The Bertz CT molecular complexity index is 570. The van der Waals surface area contributed by atoms with E-state index in [0.29, 0.717) is 6.61 Å². The van der Waals surface area contributed by atoms with Crippen LogP contribution in [0.15, 0.2) is 48.5 Å². The van der Waals surface area contributed by atoms with Crippen LogP contribution in [0, 0.1) is 0 Å². The number of rotatable bonds is 8. The fourth-order valence-electron chi connectivity index (χ4n) is 2.02. The molecule has 0 saturated carbocycles. The molecule has 0 atom stereocenters. The molecule has 0 unspecified atom stereocenters. The molecule has 1 N–H and O–H groups in total. The molecule has 118 valence electrons. The van der Waals surface area contributed by atoms with Crippen LogP contribution in [-0.2, 0) is 13.2 Å². The van der Waals surface area contributed by atoms with E-state index in [0.717, 1.165) is 36.0 Å². The number of hydrogen-bond acceptors (Lipinski definition) is 3. The number of nitrogens with zero attached hydrogens (tertiary/aromatic N) is 1. The molecule has 0 saturated heterocycles. The summed E-state index contributed by atoms with van der Waals surface area (Å²) in [7, 11) is 4.15. The van der Waals surface area contributed by atoms with Gasteiger partial charge in [0.05, 0.1) is 0 Å². The summed E-state index contributed by atoms with van der Waals surface area (Å²) in [5.74, 6) is 0.858. The second-order valence-corrected chi connectivity index (χ2v) is 5.91. The molecule has 0 aliphatic rings. The average molecular weight is 319 g/mol. The monoisotopic (exact) mass is 318 g/mol.